The fraction of sp³-hybridized carbons (Fsp3) is 0.0909. The average molecular weight is 351 g/mol. The number of hydrogen-bond acceptors (Lipinski definition) is 1. The summed E-state index contributed by atoms with van der Waals surface area (Å²) < 4.78 is 20.0. The third-order valence-electron chi connectivity index (χ3n) is 4.39. The monoisotopic (exact) mass is 350 g/mol. The molecule has 25 heavy (non-hydrogen) atoms. The molecular weight excluding hydrogens is 335 g/mol. The van der Waals surface area contributed by atoms with Crippen LogP contribution in [0.25, 0.3) is 11.3 Å². The summed E-state index contributed by atoms with van der Waals surface area (Å²) in [6.45, 7) is 2.06. The van der Waals surface area contributed by atoms with Gasteiger partial charge in [-0.2, -0.15) is 0 Å². The molecule has 0 radical (unpaired) electrons. The molecule has 3 aromatic carbocycles. The highest BCUT2D eigenvalue weighted by atomic mass is 35.5. The Kier molecular flexibility index (Phi) is 4.06. The first-order valence-corrected chi connectivity index (χ1v) is 8.50. The van der Waals surface area contributed by atoms with Crippen molar-refractivity contribution in [2.45, 2.75) is 13.3 Å². The van der Waals surface area contributed by atoms with Crippen LogP contribution < -0.4 is 4.74 Å². The van der Waals surface area contributed by atoms with Crippen LogP contribution in [0.2, 0.25) is 5.02 Å². The van der Waals surface area contributed by atoms with Crippen LogP contribution in [-0.4, -0.2) is 0 Å². The Morgan fingerprint density at radius 2 is 1.64 bits per heavy atom. The molecule has 0 spiro atoms. The van der Waals surface area contributed by atoms with Gasteiger partial charge in [0.25, 0.3) is 0 Å². The number of halogens is 2. The smallest absolute Gasteiger partial charge is 0.139 e. The van der Waals surface area contributed by atoms with Crippen molar-refractivity contribution in [3.05, 3.63) is 99.8 Å². The summed E-state index contributed by atoms with van der Waals surface area (Å²) in [5.74, 6) is 1.13. The van der Waals surface area contributed by atoms with Gasteiger partial charge in [0.2, 0.25) is 0 Å². The standard InChI is InChI=1S/C22H16ClFO/c1-14-2-4-15(5-3-14)20-12-16-6-9-18(24)13-21(16)22(20)25-19-10-7-17(23)8-11-19/h2-11,13H,12H2,1H3. The molecule has 3 aromatic rings. The second-order valence-electron chi connectivity index (χ2n) is 6.21. The molecule has 0 amide bonds. The molecule has 0 bridgehead atoms. The molecule has 1 nitrogen and oxygen atoms in total. The number of aryl methyl sites for hydroxylation is 1. The van der Waals surface area contributed by atoms with E-state index in [-0.39, 0.29) is 5.82 Å². The molecule has 1 aliphatic carbocycles. The molecule has 0 unspecified atom stereocenters. The predicted molar refractivity (Wildman–Crippen MR) is 100 cm³/mol. The van der Waals surface area contributed by atoms with Gasteiger partial charge in [0.15, 0.2) is 0 Å². The first-order chi connectivity index (χ1) is 12.1. The lowest BCUT2D eigenvalue weighted by Gasteiger charge is -2.12. The number of allylic oxidation sites excluding steroid dienone is 1. The maximum atomic E-state index is 13.8. The minimum absolute atomic E-state index is 0.263. The quantitative estimate of drug-likeness (QED) is 0.539. The number of benzene rings is 3. The number of fused-ring (bicyclic) bond motifs is 1. The van der Waals surface area contributed by atoms with Gasteiger partial charge < -0.3 is 4.74 Å². The van der Waals surface area contributed by atoms with Gasteiger partial charge in [0.1, 0.15) is 17.3 Å². The van der Waals surface area contributed by atoms with Gasteiger partial charge in [0.05, 0.1) is 0 Å². The molecule has 3 heteroatoms. The second-order valence-corrected chi connectivity index (χ2v) is 6.64. The Morgan fingerprint density at radius 3 is 2.36 bits per heavy atom. The van der Waals surface area contributed by atoms with Crippen molar-refractivity contribution in [1.29, 1.82) is 0 Å². The lowest BCUT2D eigenvalue weighted by Crippen LogP contribution is -1.96. The van der Waals surface area contributed by atoms with Gasteiger partial charge in [-0.1, -0.05) is 47.5 Å². The van der Waals surface area contributed by atoms with E-state index in [1.807, 2.05) is 18.2 Å². The van der Waals surface area contributed by atoms with E-state index in [1.54, 1.807) is 18.2 Å². The zero-order valence-corrected chi connectivity index (χ0v) is 14.5. The fourth-order valence-electron chi connectivity index (χ4n) is 3.07. The molecule has 1 aliphatic rings. The Balaban J connectivity index is 1.82. The Morgan fingerprint density at radius 1 is 0.920 bits per heavy atom. The Bertz CT molecular complexity index is 956. The molecule has 124 valence electrons. The predicted octanol–water partition coefficient (Wildman–Crippen LogP) is 6.29. The third kappa shape index (κ3) is 3.18. The fourth-order valence-corrected chi connectivity index (χ4v) is 3.20. The van der Waals surface area contributed by atoms with Gasteiger partial charge in [0, 0.05) is 22.6 Å². The highest BCUT2D eigenvalue weighted by molar-refractivity contribution is 6.30. The molecule has 0 saturated heterocycles. The summed E-state index contributed by atoms with van der Waals surface area (Å²) in [6.07, 6.45) is 0.724. The average Bonchev–Trinajstić information content (AvgIpc) is 2.95. The first kappa shape index (κ1) is 15.9. The minimum atomic E-state index is -0.263. The largest absolute Gasteiger partial charge is 0.456 e. The van der Waals surface area contributed by atoms with Crippen LogP contribution >= 0.6 is 11.6 Å². The molecule has 0 atom stereocenters. The summed E-state index contributed by atoms with van der Waals surface area (Å²) in [5, 5.41) is 0.651. The number of hydrogen-bond donors (Lipinski definition) is 0. The van der Waals surface area contributed by atoms with Crippen LogP contribution in [0.1, 0.15) is 22.3 Å². The van der Waals surface area contributed by atoms with Crippen molar-refractivity contribution in [2.24, 2.45) is 0 Å². The SMILES string of the molecule is Cc1ccc(C2=C(Oc3ccc(Cl)cc3)c3cc(F)ccc3C2)cc1. The van der Waals surface area contributed by atoms with E-state index >= 15 is 0 Å². The van der Waals surface area contributed by atoms with Crippen LogP contribution in [0, 0.1) is 12.7 Å². The van der Waals surface area contributed by atoms with E-state index in [0.29, 0.717) is 16.5 Å². The summed E-state index contributed by atoms with van der Waals surface area (Å²) >= 11 is 5.95. The van der Waals surface area contributed by atoms with Crippen LogP contribution in [-0.2, 0) is 6.42 Å². The van der Waals surface area contributed by atoms with E-state index in [4.69, 9.17) is 16.3 Å². The zero-order chi connectivity index (χ0) is 17.4. The highest BCUT2D eigenvalue weighted by Gasteiger charge is 2.25. The van der Waals surface area contributed by atoms with Gasteiger partial charge in [-0.3, -0.25) is 0 Å². The summed E-state index contributed by atoms with van der Waals surface area (Å²) in [4.78, 5) is 0. The van der Waals surface area contributed by atoms with Gasteiger partial charge in [-0.15, -0.1) is 0 Å². The van der Waals surface area contributed by atoms with E-state index in [2.05, 4.69) is 31.2 Å². The Labute approximate surface area is 151 Å². The molecule has 0 heterocycles. The first-order valence-electron chi connectivity index (χ1n) is 8.12. The molecule has 0 fully saturated rings. The second kappa shape index (κ2) is 6.38. The van der Waals surface area contributed by atoms with Crippen LogP contribution in [0.4, 0.5) is 4.39 Å². The van der Waals surface area contributed by atoms with Crippen molar-refractivity contribution in [2.75, 3.05) is 0 Å². The molecule has 0 aromatic heterocycles. The van der Waals surface area contributed by atoms with Crippen molar-refractivity contribution in [1.82, 2.24) is 0 Å². The van der Waals surface area contributed by atoms with Crippen LogP contribution in [0.5, 0.6) is 5.75 Å². The lowest BCUT2D eigenvalue weighted by molar-refractivity contribution is 0.517. The molecular formula is C22H16ClFO. The number of rotatable bonds is 3. The van der Waals surface area contributed by atoms with Gasteiger partial charge in [-0.25, -0.2) is 4.39 Å². The lowest BCUT2D eigenvalue weighted by atomic mass is 10.0. The number of ether oxygens (including phenoxy) is 1. The summed E-state index contributed by atoms with van der Waals surface area (Å²) in [7, 11) is 0. The molecule has 0 N–H and O–H groups in total. The summed E-state index contributed by atoms with van der Waals surface area (Å²) in [5.41, 5.74) is 5.24. The third-order valence-corrected chi connectivity index (χ3v) is 4.64. The molecule has 0 aliphatic heterocycles. The van der Waals surface area contributed by atoms with Crippen molar-refractivity contribution in [3.63, 3.8) is 0 Å². The van der Waals surface area contributed by atoms with Gasteiger partial charge in [-0.05, 0) is 54.4 Å². The van der Waals surface area contributed by atoms with Crippen molar-refractivity contribution in [3.8, 4) is 5.75 Å². The summed E-state index contributed by atoms with van der Waals surface area (Å²) in [6, 6.07) is 20.4. The molecule has 4 rings (SSSR count). The maximum absolute atomic E-state index is 13.8. The van der Waals surface area contributed by atoms with E-state index in [1.165, 1.54) is 11.6 Å². The van der Waals surface area contributed by atoms with E-state index in [0.717, 1.165) is 28.7 Å². The normalized spacial score (nSPS) is 13.1. The molecule has 0 saturated carbocycles. The zero-order valence-electron chi connectivity index (χ0n) is 13.7. The van der Waals surface area contributed by atoms with E-state index in [9.17, 15) is 4.39 Å². The van der Waals surface area contributed by atoms with Crippen molar-refractivity contribution < 1.29 is 9.13 Å². The van der Waals surface area contributed by atoms with Gasteiger partial charge >= 0.3 is 0 Å². The topological polar surface area (TPSA) is 9.23 Å². The van der Waals surface area contributed by atoms with Crippen molar-refractivity contribution >= 4 is 22.9 Å². The Hall–Kier alpha value is -2.58. The maximum Gasteiger partial charge on any atom is 0.139 e. The van der Waals surface area contributed by atoms with E-state index < -0.39 is 0 Å². The minimum Gasteiger partial charge on any atom is -0.456 e. The van der Waals surface area contributed by atoms with Crippen LogP contribution in [0.3, 0.4) is 0 Å². The van der Waals surface area contributed by atoms with Crippen LogP contribution in [0.15, 0.2) is 66.7 Å². The highest BCUT2D eigenvalue weighted by Crippen LogP contribution is 2.40.